The van der Waals surface area contributed by atoms with Gasteiger partial charge in [0.25, 0.3) is 0 Å². The van der Waals surface area contributed by atoms with Gasteiger partial charge in [-0.05, 0) is 44.4 Å². The van der Waals surface area contributed by atoms with Gasteiger partial charge < -0.3 is 14.8 Å². The van der Waals surface area contributed by atoms with Crippen molar-refractivity contribution >= 4 is 38.6 Å². The van der Waals surface area contributed by atoms with Crippen LogP contribution >= 0.6 is 11.3 Å². The maximum Gasteiger partial charge on any atom is 0.307 e. The Morgan fingerprint density at radius 3 is 2.44 bits per heavy atom. The topological polar surface area (TPSA) is 91.7 Å². The van der Waals surface area contributed by atoms with Crippen LogP contribution in [0.25, 0.3) is 0 Å². The molecule has 2 heterocycles. The summed E-state index contributed by atoms with van der Waals surface area (Å²) in [4.78, 5) is 27.0. The summed E-state index contributed by atoms with van der Waals surface area (Å²) in [6.07, 6.45) is 3.42. The van der Waals surface area contributed by atoms with Gasteiger partial charge in [0.2, 0.25) is 15.9 Å². The van der Waals surface area contributed by atoms with Gasteiger partial charge >= 0.3 is 4.87 Å². The number of benzene rings is 1. The first-order chi connectivity index (χ1) is 15.3. The molecular formula is C22H32N4O4S2. The van der Waals surface area contributed by atoms with Crippen LogP contribution in [0.5, 0.6) is 0 Å². The highest BCUT2D eigenvalue weighted by atomic mass is 32.2. The molecule has 0 atom stereocenters. The molecule has 0 saturated carbocycles. The molecule has 1 aliphatic heterocycles. The van der Waals surface area contributed by atoms with Gasteiger partial charge in [-0.3, -0.25) is 9.59 Å². The molecule has 1 aromatic carbocycles. The molecule has 1 aliphatic rings. The summed E-state index contributed by atoms with van der Waals surface area (Å²) in [5.74, 6) is -0.252. The number of anilines is 2. The van der Waals surface area contributed by atoms with Crippen molar-refractivity contribution in [2.45, 2.75) is 57.9 Å². The van der Waals surface area contributed by atoms with E-state index in [0.29, 0.717) is 18.8 Å². The van der Waals surface area contributed by atoms with Gasteiger partial charge in [0.05, 0.1) is 16.3 Å². The molecular weight excluding hydrogens is 448 g/mol. The van der Waals surface area contributed by atoms with Crippen LogP contribution in [0.1, 0.15) is 45.2 Å². The summed E-state index contributed by atoms with van der Waals surface area (Å²) in [6, 6.07) is 4.99. The fraction of sp³-hybridized carbons (Fsp3) is 0.545. The second-order valence-corrected chi connectivity index (χ2v) is 10.7. The Kier molecular flexibility index (Phi) is 8.13. The quantitative estimate of drug-likeness (QED) is 0.595. The van der Waals surface area contributed by atoms with Crippen LogP contribution in [0.15, 0.2) is 33.3 Å². The first-order valence-electron chi connectivity index (χ1n) is 11.1. The highest BCUT2D eigenvalue weighted by molar-refractivity contribution is 7.89. The Bertz CT molecular complexity index is 1100. The minimum absolute atomic E-state index is 0.0865. The van der Waals surface area contributed by atoms with E-state index in [9.17, 15) is 18.0 Å². The third-order valence-corrected chi connectivity index (χ3v) is 8.75. The fourth-order valence-electron chi connectivity index (χ4n) is 4.00. The lowest BCUT2D eigenvalue weighted by molar-refractivity contribution is -0.116. The predicted octanol–water partition coefficient (Wildman–Crippen LogP) is 3.27. The summed E-state index contributed by atoms with van der Waals surface area (Å²) >= 11 is 1.12. The van der Waals surface area contributed by atoms with Crippen LogP contribution in [-0.4, -0.2) is 49.4 Å². The Labute approximate surface area is 193 Å². The predicted molar refractivity (Wildman–Crippen MR) is 129 cm³/mol. The monoisotopic (exact) mass is 480 g/mol. The Hall–Kier alpha value is -2.17. The Morgan fingerprint density at radius 1 is 1.16 bits per heavy atom. The summed E-state index contributed by atoms with van der Waals surface area (Å²) < 4.78 is 29.1. The lowest BCUT2D eigenvalue weighted by Crippen LogP contribution is -2.32. The number of nitrogens with zero attached hydrogens (tertiary/aromatic N) is 3. The van der Waals surface area contributed by atoms with E-state index in [1.165, 1.54) is 10.7 Å². The van der Waals surface area contributed by atoms with Crippen molar-refractivity contribution in [2.24, 2.45) is 0 Å². The Balaban J connectivity index is 1.87. The third kappa shape index (κ3) is 5.41. The number of hydrogen-bond acceptors (Lipinski definition) is 6. The standard InChI is InChI=1S/C22H32N4O4S2/c1-4-25(5-2)32(29,30)18-9-10-20(24-12-7-6-8-13-24)19(15-18)23-21(27)11-14-26-17(3)16-31-22(26)28/h9-10,15-16H,4-8,11-14H2,1-3H3,(H,23,27). The summed E-state index contributed by atoms with van der Waals surface area (Å²) in [5.41, 5.74) is 2.16. The molecule has 1 fully saturated rings. The third-order valence-electron chi connectivity index (χ3n) is 5.82. The average molecular weight is 481 g/mol. The minimum atomic E-state index is -3.65. The van der Waals surface area contributed by atoms with E-state index in [1.54, 1.807) is 42.0 Å². The zero-order valence-corrected chi connectivity index (χ0v) is 20.6. The number of carbonyl (C=O) groups is 1. The highest BCUT2D eigenvalue weighted by Crippen LogP contribution is 2.32. The van der Waals surface area contributed by atoms with E-state index < -0.39 is 10.0 Å². The molecule has 1 N–H and O–H groups in total. The zero-order chi connectivity index (χ0) is 23.3. The molecule has 32 heavy (non-hydrogen) atoms. The van der Waals surface area contributed by atoms with Crippen LogP contribution in [0, 0.1) is 6.92 Å². The van der Waals surface area contributed by atoms with Crippen LogP contribution in [0.4, 0.5) is 11.4 Å². The number of rotatable bonds is 9. The maximum absolute atomic E-state index is 13.0. The fourth-order valence-corrected chi connectivity index (χ4v) is 6.25. The molecule has 0 aliphatic carbocycles. The molecule has 8 nitrogen and oxygen atoms in total. The lowest BCUT2D eigenvalue weighted by Gasteiger charge is -2.31. The van der Waals surface area contributed by atoms with E-state index in [2.05, 4.69) is 10.2 Å². The second-order valence-electron chi connectivity index (χ2n) is 7.91. The summed E-state index contributed by atoms with van der Waals surface area (Å²) in [7, 11) is -3.65. The number of amides is 1. The van der Waals surface area contributed by atoms with E-state index in [1.807, 2.05) is 6.92 Å². The number of piperidine rings is 1. The second kappa shape index (κ2) is 10.6. The Morgan fingerprint density at radius 2 is 1.84 bits per heavy atom. The molecule has 2 aromatic rings. The van der Waals surface area contributed by atoms with Crippen molar-refractivity contribution < 1.29 is 13.2 Å². The van der Waals surface area contributed by atoms with Gasteiger partial charge in [0, 0.05) is 50.2 Å². The number of hydrogen-bond donors (Lipinski definition) is 1. The molecule has 176 valence electrons. The number of aryl methyl sites for hydroxylation is 1. The van der Waals surface area contributed by atoms with Gasteiger partial charge in [0.1, 0.15) is 0 Å². The molecule has 0 spiro atoms. The molecule has 1 saturated heterocycles. The molecule has 1 aromatic heterocycles. The number of nitrogens with one attached hydrogen (secondary N) is 1. The first kappa shape index (κ1) is 24.5. The number of carbonyl (C=O) groups excluding carboxylic acids is 1. The van der Waals surface area contributed by atoms with Crippen molar-refractivity contribution in [1.29, 1.82) is 0 Å². The molecule has 0 radical (unpaired) electrons. The number of thiazole rings is 1. The molecule has 3 rings (SSSR count). The van der Waals surface area contributed by atoms with E-state index in [-0.39, 0.29) is 28.6 Å². The van der Waals surface area contributed by atoms with E-state index >= 15 is 0 Å². The largest absolute Gasteiger partial charge is 0.370 e. The van der Waals surface area contributed by atoms with Crippen molar-refractivity contribution in [3.8, 4) is 0 Å². The van der Waals surface area contributed by atoms with Gasteiger partial charge in [0.15, 0.2) is 0 Å². The van der Waals surface area contributed by atoms with Crippen LogP contribution in [-0.2, 0) is 21.4 Å². The SMILES string of the molecule is CCN(CC)S(=O)(=O)c1ccc(N2CCCCC2)c(NC(=O)CCn2c(C)csc2=O)c1. The maximum atomic E-state index is 13.0. The first-order valence-corrected chi connectivity index (χ1v) is 13.4. The van der Waals surface area contributed by atoms with Crippen LogP contribution in [0.2, 0.25) is 0 Å². The highest BCUT2D eigenvalue weighted by Gasteiger charge is 2.24. The molecule has 0 bridgehead atoms. The molecule has 0 unspecified atom stereocenters. The summed E-state index contributed by atoms with van der Waals surface area (Å²) in [6.45, 7) is 8.23. The number of aromatic nitrogens is 1. The van der Waals surface area contributed by atoms with Crippen molar-refractivity contribution in [1.82, 2.24) is 8.87 Å². The molecule has 1 amide bonds. The van der Waals surface area contributed by atoms with Crippen LogP contribution < -0.4 is 15.1 Å². The number of sulfonamides is 1. The zero-order valence-electron chi connectivity index (χ0n) is 19.0. The van der Waals surface area contributed by atoms with Crippen molar-refractivity contribution in [2.75, 3.05) is 36.4 Å². The van der Waals surface area contributed by atoms with Crippen molar-refractivity contribution in [3.05, 3.63) is 38.9 Å². The lowest BCUT2D eigenvalue weighted by atomic mass is 10.1. The van der Waals surface area contributed by atoms with Crippen molar-refractivity contribution in [3.63, 3.8) is 0 Å². The van der Waals surface area contributed by atoms with Gasteiger partial charge in [-0.1, -0.05) is 25.2 Å². The summed E-state index contributed by atoms with van der Waals surface area (Å²) in [5, 5.41) is 4.70. The molecule has 10 heteroatoms. The smallest absolute Gasteiger partial charge is 0.307 e. The van der Waals surface area contributed by atoms with E-state index in [4.69, 9.17) is 0 Å². The van der Waals surface area contributed by atoms with Gasteiger partial charge in [-0.25, -0.2) is 8.42 Å². The van der Waals surface area contributed by atoms with Gasteiger partial charge in [-0.15, -0.1) is 0 Å². The minimum Gasteiger partial charge on any atom is -0.370 e. The normalized spacial score (nSPS) is 14.7. The van der Waals surface area contributed by atoms with Crippen LogP contribution in [0.3, 0.4) is 0 Å². The van der Waals surface area contributed by atoms with E-state index in [0.717, 1.165) is 48.6 Å². The van der Waals surface area contributed by atoms with Gasteiger partial charge in [-0.2, -0.15) is 4.31 Å². The average Bonchev–Trinajstić information content (AvgIpc) is 3.10.